The van der Waals surface area contributed by atoms with Crippen molar-refractivity contribution in [2.75, 3.05) is 18.5 Å². The number of urea groups is 2. The summed E-state index contributed by atoms with van der Waals surface area (Å²) < 4.78 is 0. The van der Waals surface area contributed by atoms with Crippen LogP contribution in [0.4, 0.5) is 15.3 Å². The summed E-state index contributed by atoms with van der Waals surface area (Å²) in [6.07, 6.45) is 4.03. The zero-order valence-corrected chi connectivity index (χ0v) is 15.4. The molecule has 1 aliphatic carbocycles. The number of amides is 5. The number of carbonyl (C=O) groups is 3. The van der Waals surface area contributed by atoms with Gasteiger partial charge in [0.1, 0.15) is 0 Å². The van der Waals surface area contributed by atoms with E-state index in [1.807, 2.05) is 12.1 Å². The molecular weight excluding hydrogens is 346 g/mol. The molecule has 2 heterocycles. The lowest BCUT2D eigenvalue weighted by Gasteiger charge is -2.35. The molecule has 0 spiro atoms. The van der Waals surface area contributed by atoms with Crippen molar-refractivity contribution >= 4 is 23.7 Å². The van der Waals surface area contributed by atoms with Crippen LogP contribution in [0.2, 0.25) is 0 Å². The molecule has 4 N–H and O–H groups in total. The number of benzene rings is 1. The zero-order chi connectivity index (χ0) is 19.0. The van der Waals surface area contributed by atoms with E-state index in [0.717, 1.165) is 43.4 Å². The van der Waals surface area contributed by atoms with Gasteiger partial charge in [-0.3, -0.25) is 9.69 Å². The molecule has 1 saturated carbocycles. The molecule has 3 unspecified atom stereocenters. The highest BCUT2D eigenvalue weighted by atomic mass is 16.2. The van der Waals surface area contributed by atoms with E-state index < -0.39 is 0 Å². The number of fused-ring (bicyclic) bond motifs is 2. The van der Waals surface area contributed by atoms with Gasteiger partial charge in [0, 0.05) is 30.9 Å². The molecule has 5 amide bonds. The van der Waals surface area contributed by atoms with Crippen LogP contribution in [0.3, 0.4) is 0 Å². The molecule has 8 nitrogen and oxygen atoms in total. The Kier molecular flexibility index (Phi) is 4.63. The summed E-state index contributed by atoms with van der Waals surface area (Å²) in [5, 5.41) is 11.6. The summed E-state index contributed by atoms with van der Waals surface area (Å²) in [6.45, 7) is 0.632. The zero-order valence-electron chi connectivity index (χ0n) is 15.4. The second-order valence-electron chi connectivity index (χ2n) is 7.43. The molecule has 144 valence electrons. The van der Waals surface area contributed by atoms with Crippen LogP contribution in [0.1, 0.15) is 41.6 Å². The average molecular weight is 371 g/mol. The van der Waals surface area contributed by atoms with E-state index in [-0.39, 0.29) is 36.1 Å². The highest BCUT2D eigenvalue weighted by Gasteiger charge is 2.38. The topological polar surface area (TPSA) is 103 Å². The smallest absolute Gasteiger partial charge is 0.322 e. The van der Waals surface area contributed by atoms with Crippen LogP contribution < -0.4 is 26.2 Å². The van der Waals surface area contributed by atoms with Gasteiger partial charge in [-0.2, -0.15) is 0 Å². The lowest BCUT2D eigenvalue weighted by atomic mass is 9.88. The van der Waals surface area contributed by atoms with E-state index in [0.29, 0.717) is 12.1 Å². The van der Waals surface area contributed by atoms with Crippen molar-refractivity contribution in [3.05, 3.63) is 29.3 Å². The number of rotatable bonds is 2. The maximum Gasteiger partial charge on any atom is 0.322 e. The lowest BCUT2D eigenvalue weighted by Crippen LogP contribution is -2.52. The maximum absolute atomic E-state index is 12.9. The Bertz CT molecular complexity index is 781. The summed E-state index contributed by atoms with van der Waals surface area (Å²) in [6, 6.07) is 5.54. The fourth-order valence-electron chi connectivity index (χ4n) is 4.45. The van der Waals surface area contributed by atoms with Crippen LogP contribution in [0.15, 0.2) is 18.2 Å². The van der Waals surface area contributed by atoms with Crippen LogP contribution in [0.25, 0.3) is 0 Å². The minimum Gasteiger partial charge on any atom is -0.355 e. The molecule has 1 saturated heterocycles. The van der Waals surface area contributed by atoms with E-state index in [4.69, 9.17) is 0 Å². The molecule has 2 aliphatic heterocycles. The number of nitrogens with zero attached hydrogens (tertiary/aromatic N) is 1. The number of hydrogen-bond acceptors (Lipinski definition) is 3. The average Bonchev–Trinajstić information content (AvgIpc) is 3.05. The highest BCUT2D eigenvalue weighted by molar-refractivity contribution is 6.00. The first-order valence-electron chi connectivity index (χ1n) is 9.56. The van der Waals surface area contributed by atoms with Crippen LogP contribution in [-0.4, -0.2) is 49.7 Å². The van der Waals surface area contributed by atoms with Crippen molar-refractivity contribution in [3.63, 3.8) is 0 Å². The Morgan fingerprint density at radius 1 is 1.19 bits per heavy atom. The van der Waals surface area contributed by atoms with Gasteiger partial charge in [-0.1, -0.05) is 6.07 Å². The fraction of sp³-hybridized carbons (Fsp3) is 0.526. The van der Waals surface area contributed by atoms with E-state index in [2.05, 4.69) is 21.3 Å². The first-order valence-corrected chi connectivity index (χ1v) is 9.56. The summed E-state index contributed by atoms with van der Waals surface area (Å²) >= 11 is 0. The van der Waals surface area contributed by atoms with Crippen molar-refractivity contribution in [1.29, 1.82) is 0 Å². The molecular formula is C19H25N5O3. The molecule has 3 aliphatic rings. The summed E-state index contributed by atoms with van der Waals surface area (Å²) in [5.74, 6) is -0.128. The Labute approximate surface area is 158 Å². The van der Waals surface area contributed by atoms with Crippen LogP contribution >= 0.6 is 0 Å². The van der Waals surface area contributed by atoms with Crippen LogP contribution in [0, 0.1) is 0 Å². The van der Waals surface area contributed by atoms with E-state index in [1.54, 1.807) is 18.0 Å². The van der Waals surface area contributed by atoms with Crippen molar-refractivity contribution in [1.82, 2.24) is 21.3 Å². The standard InChI is InChI=1S/C19H25N5O3/c1-20-17(25)13-4-2-6-16-12(13)5-3-9-24(16)19(27)21-11-7-8-14-15(10-11)23-18(26)22-14/h2,4,6,11,14-15H,3,5,7-10H2,1H3,(H,20,25)(H,21,27)(H2,22,23,26). The van der Waals surface area contributed by atoms with Crippen LogP contribution in [-0.2, 0) is 6.42 Å². The Hall–Kier alpha value is -2.77. The third kappa shape index (κ3) is 3.31. The van der Waals surface area contributed by atoms with Crippen molar-refractivity contribution in [2.24, 2.45) is 0 Å². The van der Waals surface area contributed by atoms with Gasteiger partial charge in [0.15, 0.2) is 0 Å². The number of carbonyl (C=O) groups excluding carboxylic acids is 3. The molecule has 2 fully saturated rings. The summed E-state index contributed by atoms with van der Waals surface area (Å²) in [7, 11) is 1.61. The van der Waals surface area contributed by atoms with Crippen molar-refractivity contribution in [2.45, 2.75) is 50.2 Å². The second kappa shape index (κ2) is 7.09. The molecule has 0 radical (unpaired) electrons. The maximum atomic E-state index is 12.9. The van der Waals surface area contributed by atoms with Gasteiger partial charge in [-0.25, -0.2) is 9.59 Å². The van der Waals surface area contributed by atoms with Gasteiger partial charge in [0.25, 0.3) is 5.91 Å². The van der Waals surface area contributed by atoms with Gasteiger partial charge in [-0.15, -0.1) is 0 Å². The predicted molar refractivity (Wildman–Crippen MR) is 101 cm³/mol. The lowest BCUT2D eigenvalue weighted by molar-refractivity contribution is 0.0962. The summed E-state index contributed by atoms with van der Waals surface area (Å²) in [5.41, 5.74) is 2.37. The quantitative estimate of drug-likeness (QED) is 0.626. The summed E-state index contributed by atoms with van der Waals surface area (Å²) in [4.78, 5) is 38.3. The molecule has 1 aromatic rings. The molecule has 27 heavy (non-hydrogen) atoms. The minimum atomic E-state index is -0.134. The van der Waals surface area contributed by atoms with E-state index in [1.165, 1.54) is 0 Å². The van der Waals surface area contributed by atoms with Gasteiger partial charge in [0.05, 0.1) is 12.1 Å². The normalized spacial score (nSPS) is 26.3. The predicted octanol–water partition coefficient (Wildman–Crippen LogP) is 1.11. The van der Waals surface area contributed by atoms with Gasteiger partial charge >= 0.3 is 12.1 Å². The number of nitrogens with one attached hydrogen (secondary N) is 4. The first kappa shape index (κ1) is 17.6. The molecule has 4 rings (SSSR count). The number of anilines is 1. The molecule has 3 atom stereocenters. The molecule has 0 aromatic heterocycles. The Morgan fingerprint density at radius 2 is 2.00 bits per heavy atom. The van der Waals surface area contributed by atoms with Crippen molar-refractivity contribution in [3.8, 4) is 0 Å². The minimum absolute atomic E-state index is 0.0337. The van der Waals surface area contributed by atoms with Gasteiger partial charge in [0.2, 0.25) is 0 Å². The third-order valence-corrected chi connectivity index (χ3v) is 5.78. The Balaban J connectivity index is 1.48. The Morgan fingerprint density at radius 3 is 2.81 bits per heavy atom. The van der Waals surface area contributed by atoms with Crippen LogP contribution in [0.5, 0.6) is 0 Å². The monoisotopic (exact) mass is 371 g/mol. The molecule has 0 bridgehead atoms. The number of hydrogen-bond donors (Lipinski definition) is 4. The molecule has 8 heteroatoms. The third-order valence-electron chi connectivity index (χ3n) is 5.78. The van der Waals surface area contributed by atoms with Crippen molar-refractivity contribution < 1.29 is 14.4 Å². The van der Waals surface area contributed by atoms with E-state index >= 15 is 0 Å². The molecule has 1 aromatic carbocycles. The SMILES string of the molecule is CNC(=O)c1cccc2c1CCCN2C(=O)NC1CCC2NC(=O)NC2C1. The van der Waals surface area contributed by atoms with Gasteiger partial charge in [-0.05, 0) is 49.8 Å². The van der Waals surface area contributed by atoms with E-state index in [9.17, 15) is 14.4 Å². The fourth-order valence-corrected chi connectivity index (χ4v) is 4.45. The highest BCUT2D eigenvalue weighted by Crippen LogP contribution is 2.30. The largest absolute Gasteiger partial charge is 0.355 e. The first-order chi connectivity index (χ1) is 13.1. The van der Waals surface area contributed by atoms with Gasteiger partial charge < -0.3 is 21.3 Å². The second-order valence-corrected chi connectivity index (χ2v) is 7.43.